The normalized spacial score (nSPS) is 13.6. The van der Waals surface area contributed by atoms with E-state index < -0.39 is 0 Å². The van der Waals surface area contributed by atoms with E-state index in [1.165, 1.54) is 5.56 Å². The third-order valence-electron chi connectivity index (χ3n) is 5.49. The molecule has 8 heteroatoms. The summed E-state index contributed by atoms with van der Waals surface area (Å²) in [7, 11) is 3.15. The number of hydrogen-bond donors (Lipinski definition) is 1. The van der Waals surface area contributed by atoms with E-state index in [-0.39, 0.29) is 6.03 Å². The van der Waals surface area contributed by atoms with Crippen LogP contribution in [-0.2, 0) is 0 Å². The predicted molar refractivity (Wildman–Crippen MR) is 125 cm³/mol. The van der Waals surface area contributed by atoms with E-state index in [0.29, 0.717) is 43.4 Å². The van der Waals surface area contributed by atoms with Crippen molar-refractivity contribution in [2.45, 2.75) is 6.92 Å². The van der Waals surface area contributed by atoms with Crippen molar-refractivity contribution in [3.8, 4) is 22.8 Å². The average Bonchev–Trinajstić information content (AvgIpc) is 2.84. The van der Waals surface area contributed by atoms with Crippen LogP contribution in [0, 0.1) is 6.92 Å². The molecule has 3 aromatic rings. The van der Waals surface area contributed by atoms with Gasteiger partial charge in [0.05, 0.1) is 19.9 Å². The monoisotopic (exact) mass is 433 g/mol. The standard InChI is InChI=1S/C24H27N5O3/c1-17-5-4-6-18(13-17)20-15-23(26-16-25-20)28-9-11-29(12-10-28)24(30)27-19-7-8-21(31-2)22(14-19)32-3/h4-8,13-16H,9-12H2,1-3H3,(H,27,30). The van der Waals surface area contributed by atoms with Crippen LogP contribution in [-0.4, -0.2) is 61.3 Å². The van der Waals surface area contributed by atoms with Crippen LogP contribution in [0.25, 0.3) is 11.3 Å². The van der Waals surface area contributed by atoms with Crippen molar-refractivity contribution < 1.29 is 14.3 Å². The van der Waals surface area contributed by atoms with Crippen LogP contribution >= 0.6 is 0 Å². The second-order valence-electron chi connectivity index (χ2n) is 7.60. The Morgan fingerprint density at radius 2 is 1.72 bits per heavy atom. The van der Waals surface area contributed by atoms with Gasteiger partial charge in [0.25, 0.3) is 0 Å². The van der Waals surface area contributed by atoms with Gasteiger partial charge in [-0.2, -0.15) is 0 Å². The summed E-state index contributed by atoms with van der Waals surface area (Å²) in [6, 6.07) is 15.4. The zero-order valence-electron chi connectivity index (χ0n) is 18.5. The zero-order chi connectivity index (χ0) is 22.5. The first-order valence-electron chi connectivity index (χ1n) is 10.5. The minimum Gasteiger partial charge on any atom is -0.493 e. The predicted octanol–water partition coefficient (Wildman–Crippen LogP) is 3.82. The van der Waals surface area contributed by atoms with Gasteiger partial charge in [-0.3, -0.25) is 0 Å². The van der Waals surface area contributed by atoms with Gasteiger partial charge in [0, 0.05) is 49.6 Å². The fourth-order valence-electron chi connectivity index (χ4n) is 3.74. The Hall–Kier alpha value is -3.81. The third kappa shape index (κ3) is 4.74. The average molecular weight is 434 g/mol. The maximum Gasteiger partial charge on any atom is 0.321 e. The van der Waals surface area contributed by atoms with Gasteiger partial charge in [-0.15, -0.1) is 0 Å². The molecule has 1 saturated heterocycles. The first kappa shape index (κ1) is 21.4. The van der Waals surface area contributed by atoms with Crippen molar-refractivity contribution >= 4 is 17.5 Å². The lowest BCUT2D eigenvalue weighted by Crippen LogP contribution is -2.50. The Labute approximate surface area is 187 Å². The summed E-state index contributed by atoms with van der Waals surface area (Å²) in [6.07, 6.45) is 1.60. The third-order valence-corrected chi connectivity index (χ3v) is 5.49. The molecule has 1 aliphatic rings. The van der Waals surface area contributed by atoms with Crippen LogP contribution in [0.2, 0.25) is 0 Å². The number of aryl methyl sites for hydroxylation is 1. The van der Waals surface area contributed by atoms with E-state index in [1.54, 1.807) is 43.6 Å². The zero-order valence-corrected chi connectivity index (χ0v) is 18.5. The number of urea groups is 1. The maximum absolute atomic E-state index is 12.7. The minimum absolute atomic E-state index is 0.139. The first-order chi connectivity index (χ1) is 15.6. The first-order valence-corrected chi connectivity index (χ1v) is 10.5. The van der Waals surface area contributed by atoms with Gasteiger partial charge in [-0.1, -0.05) is 23.8 Å². The molecule has 4 rings (SSSR count). The number of carbonyl (C=O) groups is 1. The Morgan fingerprint density at radius 3 is 2.44 bits per heavy atom. The molecule has 166 valence electrons. The van der Waals surface area contributed by atoms with Crippen molar-refractivity contribution in [1.82, 2.24) is 14.9 Å². The van der Waals surface area contributed by atoms with Gasteiger partial charge in [0.2, 0.25) is 0 Å². The molecule has 0 radical (unpaired) electrons. The summed E-state index contributed by atoms with van der Waals surface area (Å²) in [5.41, 5.74) is 3.82. The second-order valence-corrected chi connectivity index (χ2v) is 7.60. The molecule has 1 aromatic heterocycles. The molecule has 0 atom stereocenters. The SMILES string of the molecule is COc1ccc(NC(=O)N2CCN(c3cc(-c4cccc(C)c4)ncn3)CC2)cc1OC. The maximum atomic E-state index is 12.7. The Balaban J connectivity index is 1.38. The highest BCUT2D eigenvalue weighted by atomic mass is 16.5. The van der Waals surface area contributed by atoms with E-state index >= 15 is 0 Å². The highest BCUT2D eigenvalue weighted by molar-refractivity contribution is 5.90. The van der Waals surface area contributed by atoms with E-state index in [2.05, 4.69) is 45.3 Å². The Kier molecular flexibility index (Phi) is 6.39. The molecule has 0 unspecified atom stereocenters. The highest BCUT2D eigenvalue weighted by Gasteiger charge is 2.22. The van der Waals surface area contributed by atoms with Gasteiger partial charge < -0.3 is 24.6 Å². The fourth-order valence-corrected chi connectivity index (χ4v) is 3.74. The van der Waals surface area contributed by atoms with Crippen LogP contribution in [0.3, 0.4) is 0 Å². The number of carbonyl (C=O) groups excluding carboxylic acids is 1. The molecule has 1 aliphatic heterocycles. The molecule has 0 aliphatic carbocycles. The number of aromatic nitrogens is 2. The summed E-state index contributed by atoms with van der Waals surface area (Å²) in [4.78, 5) is 25.6. The number of piperazine rings is 1. The summed E-state index contributed by atoms with van der Waals surface area (Å²) < 4.78 is 10.6. The van der Waals surface area contributed by atoms with E-state index in [0.717, 1.165) is 17.1 Å². The molecule has 0 saturated carbocycles. The number of rotatable bonds is 5. The molecule has 1 fully saturated rings. The summed E-state index contributed by atoms with van der Waals surface area (Å²) >= 11 is 0. The quantitative estimate of drug-likeness (QED) is 0.659. The van der Waals surface area contributed by atoms with Crippen LogP contribution < -0.4 is 19.7 Å². The lowest BCUT2D eigenvalue weighted by molar-refractivity contribution is 0.208. The van der Waals surface area contributed by atoms with Gasteiger partial charge >= 0.3 is 6.03 Å². The molecule has 2 heterocycles. The number of nitrogens with one attached hydrogen (secondary N) is 1. The molecule has 2 aromatic carbocycles. The number of ether oxygens (including phenoxy) is 2. The topological polar surface area (TPSA) is 79.8 Å². The summed E-state index contributed by atoms with van der Waals surface area (Å²) in [6.45, 7) is 4.66. The Morgan fingerprint density at radius 1 is 0.938 bits per heavy atom. The van der Waals surface area contributed by atoms with Crippen LogP contribution in [0.5, 0.6) is 11.5 Å². The molecular formula is C24H27N5O3. The number of anilines is 2. The minimum atomic E-state index is -0.139. The lowest BCUT2D eigenvalue weighted by atomic mass is 10.1. The molecule has 32 heavy (non-hydrogen) atoms. The van der Waals surface area contributed by atoms with Crippen molar-refractivity contribution in [3.63, 3.8) is 0 Å². The number of methoxy groups -OCH3 is 2. The van der Waals surface area contributed by atoms with Crippen molar-refractivity contribution in [3.05, 3.63) is 60.4 Å². The van der Waals surface area contributed by atoms with E-state index in [4.69, 9.17) is 9.47 Å². The number of benzene rings is 2. The van der Waals surface area contributed by atoms with E-state index in [1.807, 2.05) is 12.1 Å². The molecule has 0 spiro atoms. The van der Waals surface area contributed by atoms with Gasteiger partial charge in [-0.25, -0.2) is 14.8 Å². The van der Waals surface area contributed by atoms with Crippen molar-refractivity contribution in [2.24, 2.45) is 0 Å². The van der Waals surface area contributed by atoms with Gasteiger partial charge in [0.15, 0.2) is 11.5 Å². The van der Waals surface area contributed by atoms with Crippen LogP contribution in [0.15, 0.2) is 54.9 Å². The Bertz CT molecular complexity index is 1100. The molecule has 1 N–H and O–H groups in total. The van der Waals surface area contributed by atoms with Crippen LogP contribution in [0.1, 0.15) is 5.56 Å². The molecular weight excluding hydrogens is 406 g/mol. The molecule has 8 nitrogen and oxygen atoms in total. The van der Waals surface area contributed by atoms with Crippen molar-refractivity contribution in [1.29, 1.82) is 0 Å². The summed E-state index contributed by atoms with van der Waals surface area (Å²) in [5, 5.41) is 2.94. The van der Waals surface area contributed by atoms with Crippen molar-refractivity contribution in [2.75, 3.05) is 50.6 Å². The molecule has 2 amide bonds. The fraction of sp³-hybridized carbons (Fsp3) is 0.292. The summed E-state index contributed by atoms with van der Waals surface area (Å²) in [5.74, 6) is 2.06. The number of amides is 2. The van der Waals surface area contributed by atoms with E-state index in [9.17, 15) is 4.79 Å². The number of nitrogens with zero attached hydrogens (tertiary/aromatic N) is 4. The second kappa shape index (κ2) is 9.55. The van der Waals surface area contributed by atoms with Gasteiger partial charge in [0.1, 0.15) is 12.1 Å². The lowest BCUT2D eigenvalue weighted by Gasteiger charge is -2.35. The number of hydrogen-bond acceptors (Lipinski definition) is 6. The largest absolute Gasteiger partial charge is 0.493 e. The smallest absolute Gasteiger partial charge is 0.321 e. The highest BCUT2D eigenvalue weighted by Crippen LogP contribution is 2.30. The van der Waals surface area contributed by atoms with Crippen LogP contribution in [0.4, 0.5) is 16.3 Å². The molecule has 0 bridgehead atoms. The van der Waals surface area contributed by atoms with Gasteiger partial charge in [-0.05, 0) is 25.1 Å².